The van der Waals surface area contributed by atoms with Crippen LogP contribution in [0.1, 0.15) is 36.7 Å². The van der Waals surface area contributed by atoms with Crippen molar-refractivity contribution in [2.75, 3.05) is 26.2 Å². The van der Waals surface area contributed by atoms with Crippen LogP contribution in [-0.4, -0.2) is 58.7 Å². The number of rotatable bonds is 3. The summed E-state index contributed by atoms with van der Waals surface area (Å²) < 4.78 is 34.5. The Morgan fingerprint density at radius 3 is 2.00 bits per heavy atom. The van der Waals surface area contributed by atoms with Gasteiger partial charge in [-0.05, 0) is 32.9 Å². The van der Waals surface area contributed by atoms with E-state index in [1.54, 1.807) is 20.8 Å². The SMILES string of the molecule is CC(C)(C)OC(=O)N1CCN(C(F)(F)c2ccc(C(=O)O)cc2)CC1. The van der Waals surface area contributed by atoms with Crippen LogP contribution >= 0.6 is 0 Å². The molecular formula is C17H22F2N2O4. The first-order valence-corrected chi connectivity index (χ1v) is 7.95. The smallest absolute Gasteiger partial charge is 0.410 e. The van der Waals surface area contributed by atoms with Crippen molar-refractivity contribution in [1.82, 2.24) is 9.80 Å². The molecule has 0 bridgehead atoms. The fourth-order valence-electron chi connectivity index (χ4n) is 2.49. The summed E-state index contributed by atoms with van der Waals surface area (Å²) in [6.07, 6.45) is -0.513. The second-order valence-electron chi connectivity index (χ2n) is 6.88. The summed E-state index contributed by atoms with van der Waals surface area (Å²) >= 11 is 0. The Kier molecular flexibility index (Phi) is 5.31. The zero-order valence-electron chi connectivity index (χ0n) is 14.5. The molecule has 0 spiro atoms. The number of nitrogens with zero attached hydrogens (tertiary/aromatic N) is 2. The number of piperazine rings is 1. The van der Waals surface area contributed by atoms with Crippen LogP contribution in [0.2, 0.25) is 0 Å². The Balaban J connectivity index is 2.01. The largest absolute Gasteiger partial charge is 0.478 e. The van der Waals surface area contributed by atoms with Crippen molar-refractivity contribution in [3.05, 3.63) is 35.4 Å². The average Bonchev–Trinajstić information content (AvgIpc) is 2.53. The van der Waals surface area contributed by atoms with E-state index in [1.807, 2.05) is 0 Å². The first kappa shape index (κ1) is 19.1. The summed E-state index contributed by atoms with van der Waals surface area (Å²) in [6, 6.07) is 1.30. The van der Waals surface area contributed by atoms with Crippen molar-refractivity contribution >= 4 is 12.1 Å². The minimum absolute atomic E-state index is 0.00702. The van der Waals surface area contributed by atoms with Crippen LogP contribution in [0.3, 0.4) is 0 Å². The molecule has 25 heavy (non-hydrogen) atoms. The molecule has 0 aromatic heterocycles. The quantitative estimate of drug-likeness (QED) is 0.843. The molecule has 2 rings (SSSR count). The van der Waals surface area contributed by atoms with Gasteiger partial charge in [-0.15, -0.1) is 0 Å². The number of alkyl halides is 2. The molecule has 8 heteroatoms. The monoisotopic (exact) mass is 356 g/mol. The van der Waals surface area contributed by atoms with Crippen LogP contribution in [0.15, 0.2) is 24.3 Å². The Labute approximate surface area is 145 Å². The van der Waals surface area contributed by atoms with Crippen molar-refractivity contribution < 1.29 is 28.2 Å². The summed E-state index contributed by atoms with van der Waals surface area (Å²) in [7, 11) is 0. The Bertz CT molecular complexity index is 633. The highest BCUT2D eigenvalue weighted by Gasteiger charge is 2.41. The van der Waals surface area contributed by atoms with Crippen molar-refractivity contribution in [3.8, 4) is 0 Å². The van der Waals surface area contributed by atoms with Gasteiger partial charge in [0.15, 0.2) is 0 Å². The van der Waals surface area contributed by atoms with Gasteiger partial charge in [0.25, 0.3) is 0 Å². The van der Waals surface area contributed by atoms with Gasteiger partial charge in [0, 0.05) is 31.7 Å². The number of aromatic carboxylic acids is 1. The maximum absolute atomic E-state index is 14.6. The highest BCUT2D eigenvalue weighted by molar-refractivity contribution is 5.87. The molecule has 0 atom stereocenters. The van der Waals surface area contributed by atoms with Gasteiger partial charge in [-0.2, -0.15) is 8.78 Å². The molecule has 0 radical (unpaired) electrons. The van der Waals surface area contributed by atoms with Gasteiger partial charge in [0.1, 0.15) is 5.60 Å². The number of amides is 1. The number of carboxylic acid groups (broad SMARTS) is 1. The van der Waals surface area contributed by atoms with Gasteiger partial charge in [-0.1, -0.05) is 12.1 Å². The Morgan fingerprint density at radius 1 is 1.04 bits per heavy atom. The van der Waals surface area contributed by atoms with Gasteiger partial charge < -0.3 is 14.7 Å². The van der Waals surface area contributed by atoms with Crippen LogP contribution in [0, 0.1) is 0 Å². The summed E-state index contributed by atoms with van der Waals surface area (Å²) in [4.78, 5) is 25.2. The van der Waals surface area contributed by atoms with E-state index >= 15 is 0 Å². The van der Waals surface area contributed by atoms with Crippen LogP contribution in [0.25, 0.3) is 0 Å². The topological polar surface area (TPSA) is 70.1 Å². The van der Waals surface area contributed by atoms with Gasteiger partial charge >= 0.3 is 18.1 Å². The number of benzene rings is 1. The molecule has 6 nitrogen and oxygen atoms in total. The third-order valence-corrected chi connectivity index (χ3v) is 3.81. The lowest BCUT2D eigenvalue weighted by Gasteiger charge is -2.39. The van der Waals surface area contributed by atoms with E-state index in [2.05, 4.69) is 0 Å². The number of carboxylic acids is 1. The van der Waals surface area contributed by atoms with Gasteiger partial charge in [0.05, 0.1) is 5.56 Å². The minimum Gasteiger partial charge on any atom is -0.478 e. The predicted octanol–water partition coefficient (Wildman–Crippen LogP) is 2.99. The lowest BCUT2D eigenvalue weighted by Crippen LogP contribution is -2.54. The standard InChI is InChI=1S/C17H22F2N2O4/c1-16(2,3)25-15(24)20-8-10-21(11-9-20)17(18,19)13-6-4-12(5-7-13)14(22)23/h4-7H,8-11H2,1-3H3,(H,22,23). The summed E-state index contributed by atoms with van der Waals surface area (Å²) in [5.41, 5.74) is -0.957. The maximum Gasteiger partial charge on any atom is 0.410 e. The normalized spacial score (nSPS) is 16.6. The number of carbonyl (C=O) groups excluding carboxylic acids is 1. The minimum atomic E-state index is -3.24. The van der Waals surface area contributed by atoms with Gasteiger partial charge in [-0.3, -0.25) is 0 Å². The molecule has 1 amide bonds. The third kappa shape index (κ3) is 4.66. The van der Waals surface area contributed by atoms with Gasteiger partial charge in [0.2, 0.25) is 0 Å². The first-order chi connectivity index (χ1) is 11.5. The molecule has 1 aliphatic heterocycles. The van der Waals surface area contributed by atoms with Crippen molar-refractivity contribution in [3.63, 3.8) is 0 Å². The number of hydrogen-bond donors (Lipinski definition) is 1. The molecule has 138 valence electrons. The second-order valence-corrected chi connectivity index (χ2v) is 6.88. The Hall–Kier alpha value is -2.22. The number of hydrogen-bond acceptors (Lipinski definition) is 4. The lowest BCUT2D eigenvalue weighted by molar-refractivity contribution is -0.166. The van der Waals surface area contributed by atoms with E-state index in [-0.39, 0.29) is 37.3 Å². The van der Waals surface area contributed by atoms with E-state index in [9.17, 15) is 18.4 Å². The predicted molar refractivity (Wildman–Crippen MR) is 86.7 cm³/mol. The maximum atomic E-state index is 14.6. The molecule has 1 N–H and O–H groups in total. The second kappa shape index (κ2) is 6.95. The lowest BCUT2D eigenvalue weighted by atomic mass is 10.1. The molecular weight excluding hydrogens is 334 g/mol. The van der Waals surface area contributed by atoms with E-state index in [0.29, 0.717) is 0 Å². The van der Waals surface area contributed by atoms with Gasteiger partial charge in [-0.25, -0.2) is 14.5 Å². The first-order valence-electron chi connectivity index (χ1n) is 7.95. The molecule has 1 aromatic rings. The van der Waals surface area contributed by atoms with E-state index in [0.717, 1.165) is 29.2 Å². The molecule has 0 saturated carbocycles. The molecule has 1 heterocycles. The fourth-order valence-corrected chi connectivity index (χ4v) is 2.49. The number of halogens is 2. The third-order valence-electron chi connectivity index (χ3n) is 3.81. The fraction of sp³-hybridized carbons (Fsp3) is 0.529. The van der Waals surface area contributed by atoms with Crippen molar-refractivity contribution in [1.29, 1.82) is 0 Å². The van der Waals surface area contributed by atoms with Crippen LogP contribution in [0.4, 0.5) is 13.6 Å². The van der Waals surface area contributed by atoms with Crippen molar-refractivity contribution in [2.24, 2.45) is 0 Å². The summed E-state index contributed by atoms with van der Waals surface area (Å²) in [5.74, 6) is -1.17. The molecule has 1 fully saturated rings. The zero-order valence-corrected chi connectivity index (χ0v) is 14.5. The van der Waals surface area contributed by atoms with Crippen molar-refractivity contribution in [2.45, 2.75) is 32.4 Å². The van der Waals surface area contributed by atoms with Crippen LogP contribution in [0.5, 0.6) is 0 Å². The molecule has 0 unspecified atom stereocenters. The highest BCUT2D eigenvalue weighted by Crippen LogP contribution is 2.33. The summed E-state index contributed by atoms with van der Waals surface area (Å²) in [5, 5.41) is 8.84. The number of ether oxygens (including phenoxy) is 1. The van der Waals surface area contributed by atoms with E-state index < -0.39 is 23.7 Å². The zero-order chi connectivity index (χ0) is 18.8. The Morgan fingerprint density at radius 2 is 1.56 bits per heavy atom. The molecule has 1 aromatic carbocycles. The molecule has 0 aliphatic carbocycles. The number of carbonyl (C=O) groups is 2. The highest BCUT2D eigenvalue weighted by atomic mass is 19.3. The van der Waals surface area contributed by atoms with Crippen LogP contribution in [-0.2, 0) is 10.8 Å². The van der Waals surface area contributed by atoms with Crippen LogP contribution < -0.4 is 0 Å². The van der Waals surface area contributed by atoms with E-state index in [4.69, 9.17) is 9.84 Å². The summed E-state index contributed by atoms with van der Waals surface area (Å²) in [6.45, 7) is 5.50. The molecule has 1 saturated heterocycles. The molecule has 1 aliphatic rings. The van der Waals surface area contributed by atoms with E-state index in [1.165, 1.54) is 4.90 Å². The average molecular weight is 356 g/mol.